The van der Waals surface area contributed by atoms with Gasteiger partial charge in [-0.15, -0.1) is 11.6 Å². The predicted molar refractivity (Wildman–Crippen MR) is 74.0 cm³/mol. The Labute approximate surface area is 113 Å². The lowest BCUT2D eigenvalue weighted by atomic mass is 10.1. The Hall–Kier alpha value is -1.06. The highest BCUT2D eigenvalue weighted by atomic mass is 35.5. The minimum Gasteiger partial charge on any atom is -0.350 e. The van der Waals surface area contributed by atoms with Gasteiger partial charge in [0, 0.05) is 24.0 Å². The molecule has 1 saturated heterocycles. The van der Waals surface area contributed by atoms with Crippen LogP contribution in [-0.4, -0.2) is 37.0 Å². The number of benzene rings is 1. The van der Waals surface area contributed by atoms with Crippen molar-refractivity contribution in [1.82, 2.24) is 10.2 Å². The summed E-state index contributed by atoms with van der Waals surface area (Å²) in [5, 5.41) is 3.00. The van der Waals surface area contributed by atoms with Crippen LogP contribution >= 0.6 is 11.6 Å². The first-order valence-electron chi connectivity index (χ1n) is 6.34. The molecule has 1 atom stereocenters. The Kier molecular flexibility index (Phi) is 4.61. The lowest BCUT2D eigenvalue weighted by molar-refractivity contribution is 0.0943. The van der Waals surface area contributed by atoms with E-state index in [1.54, 1.807) is 0 Å². The number of nitrogens with zero attached hydrogens (tertiary/aromatic N) is 1. The fraction of sp³-hybridized carbons (Fsp3) is 0.500. The fourth-order valence-corrected chi connectivity index (χ4v) is 2.51. The Morgan fingerprint density at radius 1 is 1.56 bits per heavy atom. The lowest BCUT2D eigenvalue weighted by Gasteiger charge is -2.19. The van der Waals surface area contributed by atoms with Crippen molar-refractivity contribution in [3.05, 3.63) is 35.4 Å². The molecule has 3 nitrogen and oxygen atoms in total. The van der Waals surface area contributed by atoms with E-state index >= 15 is 0 Å². The van der Waals surface area contributed by atoms with Gasteiger partial charge < -0.3 is 10.2 Å². The van der Waals surface area contributed by atoms with Crippen LogP contribution in [-0.2, 0) is 5.88 Å². The maximum Gasteiger partial charge on any atom is 0.251 e. The molecule has 1 heterocycles. The van der Waals surface area contributed by atoms with E-state index in [9.17, 15) is 4.79 Å². The topological polar surface area (TPSA) is 32.3 Å². The molecule has 1 aromatic carbocycles. The zero-order chi connectivity index (χ0) is 13.0. The number of rotatable bonds is 4. The van der Waals surface area contributed by atoms with E-state index in [1.807, 2.05) is 24.3 Å². The maximum atomic E-state index is 12.0. The van der Waals surface area contributed by atoms with Gasteiger partial charge in [0.05, 0.1) is 0 Å². The highest BCUT2D eigenvalue weighted by Gasteiger charge is 2.21. The number of carbonyl (C=O) groups is 1. The van der Waals surface area contributed by atoms with Gasteiger partial charge in [-0.1, -0.05) is 12.1 Å². The van der Waals surface area contributed by atoms with Gasteiger partial charge in [0.2, 0.25) is 0 Å². The Morgan fingerprint density at radius 3 is 3.06 bits per heavy atom. The molecule has 0 aliphatic carbocycles. The number of hydrogen-bond donors (Lipinski definition) is 1. The lowest BCUT2D eigenvalue weighted by Crippen LogP contribution is -2.38. The summed E-state index contributed by atoms with van der Waals surface area (Å²) in [6.45, 7) is 1.85. The van der Waals surface area contributed by atoms with Crippen LogP contribution in [0.5, 0.6) is 0 Å². The summed E-state index contributed by atoms with van der Waals surface area (Å²) in [6, 6.07) is 7.94. The van der Waals surface area contributed by atoms with Crippen LogP contribution < -0.4 is 5.32 Å². The van der Waals surface area contributed by atoms with Crippen LogP contribution in [0.15, 0.2) is 24.3 Å². The second-order valence-corrected chi connectivity index (χ2v) is 5.09. The monoisotopic (exact) mass is 266 g/mol. The smallest absolute Gasteiger partial charge is 0.251 e. The van der Waals surface area contributed by atoms with Gasteiger partial charge in [0.15, 0.2) is 0 Å². The largest absolute Gasteiger partial charge is 0.350 e. The molecule has 1 aliphatic heterocycles. The van der Waals surface area contributed by atoms with Crippen molar-refractivity contribution in [3.63, 3.8) is 0 Å². The minimum atomic E-state index is -0.0118. The van der Waals surface area contributed by atoms with Crippen LogP contribution in [0.2, 0.25) is 0 Å². The standard InChI is InChI=1S/C14H19ClN2O/c1-17-7-3-6-13(17)10-16-14(18)12-5-2-4-11(8-12)9-15/h2,4-5,8,13H,3,6-7,9-10H2,1H3,(H,16,18). The van der Waals surface area contributed by atoms with Crippen molar-refractivity contribution in [2.45, 2.75) is 24.8 Å². The van der Waals surface area contributed by atoms with E-state index in [0.717, 1.165) is 18.7 Å². The van der Waals surface area contributed by atoms with Crippen molar-refractivity contribution < 1.29 is 4.79 Å². The number of alkyl halides is 1. The second-order valence-electron chi connectivity index (χ2n) is 4.82. The normalized spacial score (nSPS) is 20.0. The fourth-order valence-electron chi connectivity index (χ4n) is 2.35. The van der Waals surface area contributed by atoms with E-state index in [4.69, 9.17) is 11.6 Å². The van der Waals surface area contributed by atoms with E-state index in [0.29, 0.717) is 17.5 Å². The molecule has 0 aromatic heterocycles. The number of nitrogens with one attached hydrogen (secondary N) is 1. The first-order valence-corrected chi connectivity index (χ1v) is 6.87. The molecule has 0 spiro atoms. The van der Waals surface area contributed by atoms with Crippen molar-refractivity contribution >= 4 is 17.5 Å². The number of hydrogen-bond acceptors (Lipinski definition) is 2. The molecular weight excluding hydrogens is 248 g/mol. The van der Waals surface area contributed by atoms with Crippen molar-refractivity contribution in [3.8, 4) is 0 Å². The summed E-state index contributed by atoms with van der Waals surface area (Å²) in [5.74, 6) is 0.425. The quantitative estimate of drug-likeness (QED) is 0.848. The molecule has 98 valence electrons. The molecule has 4 heteroatoms. The van der Waals surface area contributed by atoms with Crippen molar-refractivity contribution in [1.29, 1.82) is 0 Å². The zero-order valence-corrected chi connectivity index (χ0v) is 11.4. The first kappa shape index (κ1) is 13.4. The average molecular weight is 267 g/mol. The van der Waals surface area contributed by atoms with Gasteiger partial charge in [-0.25, -0.2) is 0 Å². The molecular formula is C14H19ClN2O. The Balaban J connectivity index is 1.90. The molecule has 1 unspecified atom stereocenters. The van der Waals surface area contributed by atoms with Crippen LogP contribution in [0.3, 0.4) is 0 Å². The van der Waals surface area contributed by atoms with Gasteiger partial charge >= 0.3 is 0 Å². The van der Waals surface area contributed by atoms with Crippen molar-refractivity contribution in [2.75, 3.05) is 20.1 Å². The summed E-state index contributed by atoms with van der Waals surface area (Å²) in [7, 11) is 2.11. The summed E-state index contributed by atoms with van der Waals surface area (Å²) in [6.07, 6.45) is 2.39. The summed E-state index contributed by atoms with van der Waals surface area (Å²) in [4.78, 5) is 14.3. The predicted octanol–water partition coefficient (Wildman–Crippen LogP) is 2.25. The molecule has 0 radical (unpaired) electrons. The highest BCUT2D eigenvalue weighted by molar-refractivity contribution is 6.17. The SMILES string of the molecule is CN1CCCC1CNC(=O)c1cccc(CCl)c1. The van der Waals surface area contributed by atoms with E-state index in [-0.39, 0.29) is 5.91 Å². The van der Waals surface area contributed by atoms with Crippen LogP contribution in [0, 0.1) is 0 Å². The highest BCUT2D eigenvalue weighted by Crippen LogP contribution is 2.14. The molecule has 1 fully saturated rings. The molecule has 18 heavy (non-hydrogen) atoms. The first-order chi connectivity index (χ1) is 8.70. The maximum absolute atomic E-state index is 12.0. The molecule has 2 rings (SSSR count). The summed E-state index contributed by atoms with van der Waals surface area (Å²) in [5.41, 5.74) is 1.66. The van der Waals surface area contributed by atoms with Crippen molar-refractivity contribution in [2.24, 2.45) is 0 Å². The van der Waals surface area contributed by atoms with Crippen LogP contribution in [0.4, 0.5) is 0 Å². The number of halogens is 1. The summed E-state index contributed by atoms with van der Waals surface area (Å²) >= 11 is 5.76. The average Bonchev–Trinajstić information content (AvgIpc) is 2.81. The molecule has 1 aromatic rings. The number of likely N-dealkylation sites (tertiary alicyclic amines) is 1. The third-order valence-corrected chi connectivity index (χ3v) is 3.82. The molecule has 1 aliphatic rings. The number of amides is 1. The van der Waals surface area contributed by atoms with E-state index in [2.05, 4.69) is 17.3 Å². The number of likely N-dealkylation sites (N-methyl/N-ethyl adjacent to an activating group) is 1. The van der Waals surface area contributed by atoms with Crippen LogP contribution in [0.25, 0.3) is 0 Å². The van der Waals surface area contributed by atoms with Crippen LogP contribution in [0.1, 0.15) is 28.8 Å². The van der Waals surface area contributed by atoms with E-state index < -0.39 is 0 Å². The molecule has 0 saturated carbocycles. The molecule has 1 N–H and O–H groups in total. The van der Waals surface area contributed by atoms with Gasteiger partial charge in [-0.2, -0.15) is 0 Å². The summed E-state index contributed by atoms with van der Waals surface area (Å²) < 4.78 is 0. The second kappa shape index (κ2) is 6.21. The van der Waals surface area contributed by atoms with Gasteiger partial charge in [-0.05, 0) is 44.1 Å². The number of carbonyl (C=O) groups excluding carboxylic acids is 1. The van der Waals surface area contributed by atoms with Gasteiger partial charge in [0.25, 0.3) is 5.91 Å². The van der Waals surface area contributed by atoms with Gasteiger partial charge in [0.1, 0.15) is 0 Å². The van der Waals surface area contributed by atoms with E-state index in [1.165, 1.54) is 12.8 Å². The molecule has 0 bridgehead atoms. The third-order valence-electron chi connectivity index (χ3n) is 3.51. The zero-order valence-electron chi connectivity index (χ0n) is 10.7. The Bertz CT molecular complexity index is 422. The molecule has 1 amide bonds. The van der Waals surface area contributed by atoms with Gasteiger partial charge in [-0.3, -0.25) is 4.79 Å². The Morgan fingerprint density at radius 2 is 2.39 bits per heavy atom. The minimum absolute atomic E-state index is 0.0118. The third kappa shape index (κ3) is 3.24.